The third kappa shape index (κ3) is 3.26. The zero-order valence-corrected chi connectivity index (χ0v) is 14.7. The van der Waals surface area contributed by atoms with Crippen molar-refractivity contribution >= 4 is 5.91 Å². The maximum Gasteiger partial charge on any atom is 0.269 e. The quantitative estimate of drug-likeness (QED) is 0.877. The van der Waals surface area contributed by atoms with E-state index in [4.69, 9.17) is 4.74 Å². The Kier molecular flexibility index (Phi) is 4.21. The van der Waals surface area contributed by atoms with Crippen LogP contribution in [0.15, 0.2) is 30.5 Å². The zero-order valence-electron chi connectivity index (χ0n) is 14.7. The van der Waals surface area contributed by atoms with E-state index in [2.05, 4.69) is 32.3 Å². The molecule has 1 aliphatic carbocycles. The number of hydrogen-bond acceptors (Lipinski definition) is 4. The number of carbonyl (C=O) groups is 1. The fourth-order valence-corrected chi connectivity index (χ4v) is 3.81. The number of nitrogens with one attached hydrogen (secondary N) is 2. The predicted molar refractivity (Wildman–Crippen MR) is 94.7 cm³/mol. The molecule has 2 atom stereocenters. The molecule has 2 aliphatic rings. The molecule has 1 saturated heterocycles. The molecule has 1 aromatic heterocycles. The Hall–Kier alpha value is -2.34. The Morgan fingerprint density at radius 3 is 2.88 bits per heavy atom. The summed E-state index contributed by atoms with van der Waals surface area (Å²) < 4.78 is 5.40. The largest absolute Gasteiger partial charge is 0.497 e. The first-order valence-electron chi connectivity index (χ1n) is 8.88. The molecule has 0 radical (unpaired) electrons. The molecule has 25 heavy (non-hydrogen) atoms. The molecule has 1 saturated carbocycles. The van der Waals surface area contributed by atoms with E-state index in [-0.39, 0.29) is 18.0 Å². The average molecular weight is 340 g/mol. The van der Waals surface area contributed by atoms with E-state index in [1.165, 1.54) is 18.4 Å². The molecule has 6 nitrogen and oxygen atoms in total. The van der Waals surface area contributed by atoms with E-state index in [1.807, 2.05) is 19.1 Å². The zero-order chi connectivity index (χ0) is 17.4. The van der Waals surface area contributed by atoms with Crippen LogP contribution in [-0.4, -0.2) is 46.5 Å². The molecule has 1 amide bonds. The average Bonchev–Trinajstić information content (AvgIpc) is 3.24. The lowest BCUT2D eigenvalue weighted by Crippen LogP contribution is -2.40. The van der Waals surface area contributed by atoms with Gasteiger partial charge in [0.1, 0.15) is 17.3 Å². The summed E-state index contributed by atoms with van der Waals surface area (Å²) in [6.45, 7) is 2.86. The Bertz CT molecular complexity index is 768. The van der Waals surface area contributed by atoms with Gasteiger partial charge in [-0.05, 0) is 43.9 Å². The first-order chi connectivity index (χ1) is 12.2. The van der Waals surface area contributed by atoms with E-state index in [9.17, 15) is 4.79 Å². The van der Waals surface area contributed by atoms with Crippen LogP contribution in [0, 0.1) is 6.92 Å². The van der Waals surface area contributed by atoms with Crippen LogP contribution in [0.5, 0.6) is 5.75 Å². The van der Waals surface area contributed by atoms with E-state index in [1.54, 1.807) is 13.3 Å². The molecule has 2 aromatic rings. The van der Waals surface area contributed by atoms with E-state index < -0.39 is 0 Å². The summed E-state index contributed by atoms with van der Waals surface area (Å²) in [5, 5.41) is 3.21. The van der Waals surface area contributed by atoms with Crippen LogP contribution >= 0.6 is 0 Å². The van der Waals surface area contributed by atoms with Gasteiger partial charge in [0.15, 0.2) is 0 Å². The fraction of sp³-hybridized carbons (Fsp3) is 0.474. The highest BCUT2D eigenvalue weighted by molar-refractivity contribution is 5.92. The van der Waals surface area contributed by atoms with E-state index in [0.717, 1.165) is 24.5 Å². The van der Waals surface area contributed by atoms with Gasteiger partial charge in [0, 0.05) is 12.6 Å². The number of aromatic nitrogens is 2. The maximum absolute atomic E-state index is 12.6. The van der Waals surface area contributed by atoms with Crippen LogP contribution < -0.4 is 10.1 Å². The molecular formula is C19H24N4O2. The van der Waals surface area contributed by atoms with Crippen molar-refractivity contribution < 1.29 is 9.53 Å². The normalized spacial score (nSPS) is 23.6. The van der Waals surface area contributed by atoms with Crippen LogP contribution in [0.25, 0.3) is 0 Å². The molecule has 6 heteroatoms. The molecule has 2 fully saturated rings. The summed E-state index contributed by atoms with van der Waals surface area (Å²) in [6, 6.07) is 9.13. The number of carbonyl (C=O) groups excluding carboxylic acids is 1. The van der Waals surface area contributed by atoms with E-state index >= 15 is 0 Å². The number of likely N-dealkylation sites (tertiary alicyclic amines) is 1. The van der Waals surface area contributed by atoms with Gasteiger partial charge in [-0.1, -0.05) is 12.1 Å². The molecular weight excluding hydrogens is 316 g/mol. The van der Waals surface area contributed by atoms with Gasteiger partial charge in [0.2, 0.25) is 0 Å². The molecule has 1 aliphatic heterocycles. The van der Waals surface area contributed by atoms with Gasteiger partial charge in [-0.25, -0.2) is 4.98 Å². The molecule has 4 rings (SSSR count). The number of benzene rings is 1. The molecule has 0 bridgehead atoms. The first kappa shape index (κ1) is 16.1. The molecule has 132 valence electrons. The number of aromatic amines is 1. The number of nitrogens with zero attached hydrogens (tertiary/aromatic N) is 2. The topological polar surface area (TPSA) is 70.2 Å². The number of imidazole rings is 1. The minimum absolute atomic E-state index is 0.0869. The minimum Gasteiger partial charge on any atom is -0.497 e. The molecule has 2 unspecified atom stereocenters. The van der Waals surface area contributed by atoms with Crippen LogP contribution in [0.2, 0.25) is 0 Å². The van der Waals surface area contributed by atoms with Crippen molar-refractivity contribution in [2.24, 2.45) is 0 Å². The number of H-pyrrole nitrogens is 1. The summed E-state index contributed by atoms with van der Waals surface area (Å²) in [4.78, 5) is 22.3. The van der Waals surface area contributed by atoms with Crippen molar-refractivity contribution in [1.82, 2.24) is 20.2 Å². The van der Waals surface area contributed by atoms with Gasteiger partial charge in [0.05, 0.1) is 25.4 Å². The Morgan fingerprint density at radius 1 is 1.36 bits per heavy atom. The van der Waals surface area contributed by atoms with Gasteiger partial charge >= 0.3 is 0 Å². The van der Waals surface area contributed by atoms with Crippen LogP contribution in [0.1, 0.15) is 47.2 Å². The second-order valence-electron chi connectivity index (χ2n) is 6.94. The number of rotatable bonds is 5. The summed E-state index contributed by atoms with van der Waals surface area (Å²) in [7, 11) is 1.69. The standard InChI is InChI=1S/C19H24N4O2/c1-12-20-11-17(21-12)19(24)22-16-8-9-23(14-6-7-14)18(16)13-4-3-5-15(10-13)25-2/h3-5,10-11,14,16,18H,6-9H2,1-2H3,(H,20,21)(H,22,24). The second kappa shape index (κ2) is 6.52. The Balaban J connectivity index is 1.58. The number of methoxy groups -OCH3 is 1. The number of hydrogen-bond donors (Lipinski definition) is 2. The van der Waals surface area contributed by atoms with Gasteiger partial charge in [-0.15, -0.1) is 0 Å². The lowest BCUT2D eigenvalue weighted by Gasteiger charge is -2.29. The van der Waals surface area contributed by atoms with Crippen molar-refractivity contribution in [2.75, 3.05) is 13.7 Å². The Morgan fingerprint density at radius 2 is 2.20 bits per heavy atom. The van der Waals surface area contributed by atoms with Gasteiger partial charge < -0.3 is 15.0 Å². The summed E-state index contributed by atoms with van der Waals surface area (Å²) in [5.74, 6) is 1.52. The van der Waals surface area contributed by atoms with Crippen LogP contribution in [-0.2, 0) is 0 Å². The van der Waals surface area contributed by atoms with Crippen molar-refractivity contribution in [3.63, 3.8) is 0 Å². The Labute approximate surface area is 147 Å². The maximum atomic E-state index is 12.6. The predicted octanol–water partition coefficient (Wildman–Crippen LogP) is 2.43. The molecule has 2 N–H and O–H groups in total. The lowest BCUT2D eigenvalue weighted by atomic mass is 9.99. The molecule has 0 spiro atoms. The molecule has 2 heterocycles. The van der Waals surface area contributed by atoms with E-state index in [0.29, 0.717) is 11.7 Å². The number of aryl methyl sites for hydroxylation is 1. The lowest BCUT2D eigenvalue weighted by molar-refractivity contribution is 0.0919. The minimum atomic E-state index is -0.0869. The van der Waals surface area contributed by atoms with Gasteiger partial charge in [-0.2, -0.15) is 0 Å². The highest BCUT2D eigenvalue weighted by atomic mass is 16.5. The SMILES string of the molecule is COc1cccc(C2C(NC(=O)c3cnc(C)[nH]3)CCN2C2CC2)c1. The van der Waals surface area contributed by atoms with Crippen LogP contribution in [0.3, 0.4) is 0 Å². The first-order valence-corrected chi connectivity index (χ1v) is 8.88. The highest BCUT2D eigenvalue weighted by Gasteiger charge is 2.43. The summed E-state index contributed by atoms with van der Waals surface area (Å²) >= 11 is 0. The highest BCUT2D eigenvalue weighted by Crippen LogP contribution is 2.41. The van der Waals surface area contributed by atoms with Gasteiger partial charge in [0.25, 0.3) is 5.91 Å². The number of amides is 1. The smallest absolute Gasteiger partial charge is 0.269 e. The van der Waals surface area contributed by atoms with Gasteiger partial charge in [-0.3, -0.25) is 9.69 Å². The second-order valence-corrected chi connectivity index (χ2v) is 6.94. The van der Waals surface area contributed by atoms with Crippen molar-refractivity contribution in [1.29, 1.82) is 0 Å². The molecule has 1 aromatic carbocycles. The van der Waals surface area contributed by atoms with Crippen molar-refractivity contribution in [2.45, 2.75) is 44.3 Å². The van der Waals surface area contributed by atoms with Crippen LogP contribution in [0.4, 0.5) is 0 Å². The van der Waals surface area contributed by atoms with Crippen molar-refractivity contribution in [3.8, 4) is 5.75 Å². The third-order valence-electron chi connectivity index (χ3n) is 5.15. The number of ether oxygens (including phenoxy) is 1. The fourth-order valence-electron chi connectivity index (χ4n) is 3.81. The van der Waals surface area contributed by atoms with Crippen molar-refractivity contribution in [3.05, 3.63) is 47.5 Å². The summed E-state index contributed by atoms with van der Waals surface area (Å²) in [5.41, 5.74) is 1.72. The monoisotopic (exact) mass is 340 g/mol. The third-order valence-corrected chi connectivity index (χ3v) is 5.15. The summed E-state index contributed by atoms with van der Waals surface area (Å²) in [6.07, 6.45) is 5.05.